The van der Waals surface area contributed by atoms with Crippen LogP contribution in [-0.2, 0) is 4.79 Å². The van der Waals surface area contributed by atoms with Crippen molar-refractivity contribution in [2.45, 2.75) is 24.3 Å². The molecule has 4 rings (SSSR count). The molecule has 0 bridgehead atoms. The van der Waals surface area contributed by atoms with Crippen LogP contribution in [0.4, 0.5) is 5.13 Å². The second-order valence-corrected chi connectivity index (χ2v) is 8.75. The lowest BCUT2D eigenvalue weighted by atomic mass is 10.2. The van der Waals surface area contributed by atoms with Gasteiger partial charge in [-0.3, -0.25) is 19.5 Å². The molecule has 9 heteroatoms. The van der Waals surface area contributed by atoms with Crippen LogP contribution in [0.25, 0.3) is 16.6 Å². The molecule has 1 amide bonds. The van der Waals surface area contributed by atoms with Gasteiger partial charge in [-0.05, 0) is 38.1 Å². The lowest BCUT2D eigenvalue weighted by Gasteiger charge is -2.16. The third kappa shape index (κ3) is 4.06. The van der Waals surface area contributed by atoms with Gasteiger partial charge in [-0.1, -0.05) is 53.4 Å². The quantitative estimate of drug-likeness (QED) is 0.389. The predicted molar refractivity (Wildman–Crippen MR) is 116 cm³/mol. The predicted octanol–water partition coefficient (Wildman–Crippen LogP) is 3.66. The van der Waals surface area contributed by atoms with Crippen LogP contribution in [0.5, 0.6) is 0 Å². The van der Waals surface area contributed by atoms with E-state index in [4.69, 9.17) is 0 Å². The molecule has 0 radical (unpaired) electrons. The number of fused-ring (bicyclic) bond motifs is 1. The van der Waals surface area contributed by atoms with Gasteiger partial charge in [0.15, 0.2) is 5.16 Å². The highest BCUT2D eigenvalue weighted by molar-refractivity contribution is 8.00. The molecular formula is C20H17N5O2S2. The van der Waals surface area contributed by atoms with Gasteiger partial charge in [0, 0.05) is 0 Å². The van der Waals surface area contributed by atoms with Crippen molar-refractivity contribution in [2.75, 3.05) is 5.32 Å². The summed E-state index contributed by atoms with van der Waals surface area (Å²) in [4.78, 5) is 30.5. The van der Waals surface area contributed by atoms with E-state index in [9.17, 15) is 9.59 Å². The fourth-order valence-electron chi connectivity index (χ4n) is 2.76. The first-order chi connectivity index (χ1) is 14.0. The van der Waals surface area contributed by atoms with E-state index >= 15 is 0 Å². The van der Waals surface area contributed by atoms with Gasteiger partial charge >= 0.3 is 0 Å². The van der Waals surface area contributed by atoms with Gasteiger partial charge in [-0.2, -0.15) is 0 Å². The molecule has 4 aromatic rings. The van der Waals surface area contributed by atoms with Crippen LogP contribution in [-0.4, -0.2) is 30.9 Å². The van der Waals surface area contributed by atoms with E-state index in [1.54, 1.807) is 23.6 Å². The van der Waals surface area contributed by atoms with Gasteiger partial charge in [0.2, 0.25) is 11.0 Å². The van der Waals surface area contributed by atoms with Gasteiger partial charge in [-0.15, -0.1) is 10.2 Å². The van der Waals surface area contributed by atoms with Crippen LogP contribution in [0.2, 0.25) is 0 Å². The average Bonchev–Trinajstić information content (AvgIpc) is 3.13. The summed E-state index contributed by atoms with van der Waals surface area (Å²) in [7, 11) is 0. The molecule has 1 N–H and O–H groups in total. The normalized spacial score (nSPS) is 12.1. The molecule has 2 aromatic carbocycles. The fraction of sp³-hybridized carbons (Fsp3) is 0.150. The largest absolute Gasteiger partial charge is 0.300 e. The number of thioether (sulfide) groups is 1. The number of nitrogens with zero attached hydrogens (tertiary/aromatic N) is 4. The molecule has 0 saturated carbocycles. The Morgan fingerprint density at radius 1 is 1.10 bits per heavy atom. The standard InChI is InChI=1S/C20H17N5O2S2/c1-12(17(26)22-19-24-23-13(2)29-19)28-20-21-16-11-7-6-10-15(16)18(27)25(20)14-8-4-3-5-9-14/h3-12H,1-2H3,(H,22,24,26). The number of nitrogens with one attached hydrogen (secondary N) is 1. The van der Waals surface area contributed by atoms with Crippen molar-refractivity contribution in [3.8, 4) is 5.69 Å². The van der Waals surface area contributed by atoms with Crippen LogP contribution in [0.3, 0.4) is 0 Å². The number of aryl methyl sites for hydroxylation is 1. The number of anilines is 1. The van der Waals surface area contributed by atoms with Crippen molar-refractivity contribution in [1.29, 1.82) is 0 Å². The number of carbonyl (C=O) groups is 1. The Morgan fingerprint density at radius 2 is 1.83 bits per heavy atom. The van der Waals surface area contributed by atoms with E-state index in [2.05, 4.69) is 20.5 Å². The number of hydrogen-bond acceptors (Lipinski definition) is 7. The average molecular weight is 424 g/mol. The minimum atomic E-state index is -0.498. The molecule has 146 valence electrons. The van der Waals surface area contributed by atoms with Crippen LogP contribution in [0.15, 0.2) is 64.5 Å². The molecule has 1 unspecified atom stereocenters. The number of benzene rings is 2. The third-order valence-electron chi connectivity index (χ3n) is 4.17. The molecule has 29 heavy (non-hydrogen) atoms. The van der Waals surface area contributed by atoms with Crippen molar-refractivity contribution < 1.29 is 4.79 Å². The minimum absolute atomic E-state index is 0.170. The molecule has 0 aliphatic carbocycles. The topological polar surface area (TPSA) is 89.8 Å². The second-order valence-electron chi connectivity index (χ2n) is 6.26. The smallest absolute Gasteiger partial charge is 0.266 e. The first-order valence-corrected chi connectivity index (χ1v) is 10.6. The maximum absolute atomic E-state index is 13.2. The number of amides is 1. The lowest BCUT2D eigenvalue weighted by molar-refractivity contribution is -0.115. The number of carbonyl (C=O) groups excluding carboxylic acids is 1. The van der Waals surface area contributed by atoms with E-state index < -0.39 is 5.25 Å². The van der Waals surface area contributed by atoms with Crippen molar-refractivity contribution in [2.24, 2.45) is 0 Å². The Labute approximate surface area is 174 Å². The third-order valence-corrected chi connectivity index (χ3v) is 5.97. The van der Waals surface area contributed by atoms with Crippen LogP contribution in [0, 0.1) is 6.92 Å². The van der Waals surface area contributed by atoms with Crippen LogP contribution < -0.4 is 10.9 Å². The Balaban J connectivity index is 1.72. The second kappa shape index (κ2) is 8.14. The highest BCUT2D eigenvalue weighted by Crippen LogP contribution is 2.26. The van der Waals surface area contributed by atoms with E-state index in [0.717, 1.165) is 5.01 Å². The molecule has 0 aliphatic heterocycles. The Bertz CT molecular complexity index is 1240. The first kappa shape index (κ1) is 19.3. The first-order valence-electron chi connectivity index (χ1n) is 8.88. The molecule has 0 spiro atoms. The molecule has 0 aliphatic rings. The monoisotopic (exact) mass is 423 g/mol. The summed E-state index contributed by atoms with van der Waals surface area (Å²) >= 11 is 2.53. The number of hydrogen-bond donors (Lipinski definition) is 1. The molecule has 1 atom stereocenters. The van der Waals surface area contributed by atoms with E-state index in [0.29, 0.717) is 26.9 Å². The van der Waals surface area contributed by atoms with E-state index in [1.807, 2.05) is 49.4 Å². The summed E-state index contributed by atoms with van der Waals surface area (Å²) in [5.41, 5.74) is 1.13. The van der Waals surface area contributed by atoms with Gasteiger partial charge in [0.05, 0.1) is 21.8 Å². The Kier molecular flexibility index (Phi) is 5.41. The van der Waals surface area contributed by atoms with Crippen molar-refractivity contribution in [3.05, 3.63) is 70.0 Å². The number of para-hydroxylation sites is 2. The minimum Gasteiger partial charge on any atom is -0.300 e. The van der Waals surface area contributed by atoms with Crippen molar-refractivity contribution in [3.63, 3.8) is 0 Å². The van der Waals surface area contributed by atoms with Crippen LogP contribution >= 0.6 is 23.1 Å². The fourth-order valence-corrected chi connectivity index (χ4v) is 4.28. The summed E-state index contributed by atoms with van der Waals surface area (Å²) in [5, 5.41) is 12.3. The molecular weight excluding hydrogens is 406 g/mol. The summed E-state index contributed by atoms with van der Waals surface area (Å²) in [6.07, 6.45) is 0. The molecule has 0 saturated heterocycles. The maximum atomic E-state index is 13.2. The van der Waals surface area contributed by atoms with Gasteiger partial charge in [0.25, 0.3) is 5.56 Å². The molecule has 2 heterocycles. The maximum Gasteiger partial charge on any atom is 0.266 e. The molecule has 7 nitrogen and oxygen atoms in total. The summed E-state index contributed by atoms with van der Waals surface area (Å²) in [6.45, 7) is 3.59. The summed E-state index contributed by atoms with van der Waals surface area (Å²) in [5.74, 6) is -0.229. The van der Waals surface area contributed by atoms with Crippen LogP contribution in [0.1, 0.15) is 11.9 Å². The Morgan fingerprint density at radius 3 is 2.55 bits per heavy atom. The lowest BCUT2D eigenvalue weighted by Crippen LogP contribution is -2.26. The molecule has 2 aromatic heterocycles. The zero-order chi connectivity index (χ0) is 20.4. The van der Waals surface area contributed by atoms with E-state index in [-0.39, 0.29) is 11.5 Å². The van der Waals surface area contributed by atoms with Crippen molar-refractivity contribution in [1.82, 2.24) is 19.7 Å². The molecule has 0 fully saturated rings. The van der Waals surface area contributed by atoms with Gasteiger partial charge in [0.1, 0.15) is 5.01 Å². The number of aromatic nitrogens is 4. The summed E-state index contributed by atoms with van der Waals surface area (Å²) in [6, 6.07) is 16.5. The number of rotatable bonds is 5. The van der Waals surface area contributed by atoms with Gasteiger partial charge in [-0.25, -0.2) is 4.98 Å². The zero-order valence-electron chi connectivity index (χ0n) is 15.7. The highest BCUT2D eigenvalue weighted by atomic mass is 32.2. The zero-order valence-corrected chi connectivity index (χ0v) is 17.3. The SMILES string of the molecule is Cc1nnc(NC(=O)C(C)Sc2nc3ccccc3c(=O)n2-c2ccccc2)s1. The van der Waals surface area contributed by atoms with E-state index in [1.165, 1.54) is 23.1 Å². The summed E-state index contributed by atoms with van der Waals surface area (Å²) < 4.78 is 1.55. The highest BCUT2D eigenvalue weighted by Gasteiger charge is 2.21. The van der Waals surface area contributed by atoms with Gasteiger partial charge < -0.3 is 0 Å². The Hall–Kier alpha value is -3.04. The van der Waals surface area contributed by atoms with Crippen molar-refractivity contribution >= 4 is 45.0 Å².